The van der Waals surface area contributed by atoms with Gasteiger partial charge in [0.25, 0.3) is 0 Å². The van der Waals surface area contributed by atoms with Gasteiger partial charge in [-0.15, -0.1) is 0 Å². The molecule has 2 N–H and O–H groups in total. The molecule has 2 rings (SSSR count). The van der Waals surface area contributed by atoms with Gasteiger partial charge in [-0.3, -0.25) is 9.46 Å². The Morgan fingerprint density at radius 3 is 2.50 bits per heavy atom. The van der Waals surface area contributed by atoms with Crippen molar-refractivity contribution in [1.82, 2.24) is 4.67 Å². The molecule has 0 aromatic heterocycles. The molecule has 0 aromatic rings. The maximum Gasteiger partial charge on any atom is 0.217 e. The molecule has 2 aliphatic rings. The summed E-state index contributed by atoms with van der Waals surface area (Å²) >= 11 is 0. The molecule has 1 atom stereocenters. The van der Waals surface area contributed by atoms with Crippen LogP contribution in [-0.2, 0) is 4.79 Å². The van der Waals surface area contributed by atoms with E-state index in [-0.39, 0.29) is 5.91 Å². The number of hydrogen-bond acceptors (Lipinski definition) is 2. The summed E-state index contributed by atoms with van der Waals surface area (Å²) in [5, 5.41) is 0. The molecule has 1 spiro atoms. The topological polar surface area (TPSA) is 46.3 Å². The third-order valence-electron chi connectivity index (χ3n) is 3.79. The summed E-state index contributed by atoms with van der Waals surface area (Å²) in [5.74, 6) is 0.455. The predicted molar refractivity (Wildman–Crippen MR) is 59.5 cm³/mol. The molecular formula is C10H19N2OP. The molecule has 1 unspecified atom stereocenters. The highest BCUT2D eigenvalue weighted by atomic mass is 31.0. The Morgan fingerprint density at radius 1 is 1.43 bits per heavy atom. The third-order valence-corrected chi connectivity index (χ3v) is 4.31. The molecule has 0 radical (unpaired) electrons. The lowest BCUT2D eigenvalue weighted by Crippen LogP contribution is -2.45. The number of carbonyl (C=O) groups is 1. The van der Waals surface area contributed by atoms with Gasteiger partial charge in [-0.05, 0) is 37.0 Å². The second-order valence-electron chi connectivity index (χ2n) is 4.98. The first-order chi connectivity index (χ1) is 6.60. The SMILES string of the molecule is NC(=O)CC1CC2(CCN(P)CC2)C1. The number of nitrogens with two attached hydrogens (primary N) is 1. The van der Waals surface area contributed by atoms with Crippen LogP contribution >= 0.6 is 9.39 Å². The normalized spacial score (nSPS) is 27.5. The highest BCUT2D eigenvalue weighted by Crippen LogP contribution is 2.53. The summed E-state index contributed by atoms with van der Waals surface area (Å²) < 4.78 is 2.31. The molecule has 2 fully saturated rings. The lowest BCUT2D eigenvalue weighted by Gasteiger charge is -2.51. The van der Waals surface area contributed by atoms with E-state index in [9.17, 15) is 4.79 Å². The van der Waals surface area contributed by atoms with Crippen LogP contribution < -0.4 is 5.73 Å². The van der Waals surface area contributed by atoms with E-state index >= 15 is 0 Å². The van der Waals surface area contributed by atoms with Gasteiger partial charge < -0.3 is 5.73 Å². The molecule has 1 saturated heterocycles. The zero-order chi connectivity index (χ0) is 10.2. The van der Waals surface area contributed by atoms with Crippen molar-refractivity contribution in [2.75, 3.05) is 13.1 Å². The van der Waals surface area contributed by atoms with Crippen LogP contribution in [0, 0.1) is 11.3 Å². The number of primary amides is 1. The quantitative estimate of drug-likeness (QED) is 0.701. The molecule has 1 heterocycles. The number of amides is 1. The molecule has 1 aliphatic heterocycles. The summed E-state index contributed by atoms with van der Waals surface area (Å²) in [6.45, 7) is 2.38. The van der Waals surface area contributed by atoms with Crippen molar-refractivity contribution in [1.29, 1.82) is 0 Å². The van der Waals surface area contributed by atoms with Crippen molar-refractivity contribution in [3.63, 3.8) is 0 Å². The summed E-state index contributed by atoms with van der Waals surface area (Å²) in [6, 6.07) is 0. The Balaban J connectivity index is 1.78. The van der Waals surface area contributed by atoms with Crippen LogP contribution in [0.15, 0.2) is 0 Å². The first kappa shape index (κ1) is 10.4. The van der Waals surface area contributed by atoms with E-state index in [0.717, 1.165) is 0 Å². The highest BCUT2D eigenvalue weighted by molar-refractivity contribution is 7.13. The second kappa shape index (κ2) is 3.79. The molecule has 3 nitrogen and oxygen atoms in total. The minimum atomic E-state index is -0.131. The Labute approximate surface area is 87.7 Å². The van der Waals surface area contributed by atoms with E-state index in [1.807, 2.05) is 0 Å². The number of nitrogens with zero attached hydrogens (tertiary/aromatic N) is 1. The smallest absolute Gasteiger partial charge is 0.217 e. The summed E-state index contributed by atoms with van der Waals surface area (Å²) in [6.07, 6.45) is 5.66. The van der Waals surface area contributed by atoms with Crippen LogP contribution in [0.1, 0.15) is 32.1 Å². The van der Waals surface area contributed by atoms with Gasteiger partial charge in [0.2, 0.25) is 5.91 Å². The maximum atomic E-state index is 10.7. The standard InChI is InChI=1S/C10H19N2OP/c11-9(13)5-8-6-10(7-8)1-3-12(14)4-2-10/h8H,1-7,14H2,(H2,11,13). The van der Waals surface area contributed by atoms with Gasteiger partial charge >= 0.3 is 0 Å². The van der Waals surface area contributed by atoms with Crippen molar-refractivity contribution in [3.8, 4) is 0 Å². The molecule has 14 heavy (non-hydrogen) atoms. The van der Waals surface area contributed by atoms with Gasteiger partial charge in [0, 0.05) is 19.5 Å². The van der Waals surface area contributed by atoms with Crippen molar-refractivity contribution < 1.29 is 4.79 Å². The molecule has 0 bridgehead atoms. The fraction of sp³-hybridized carbons (Fsp3) is 0.900. The lowest BCUT2D eigenvalue weighted by atomic mass is 9.57. The molecule has 0 aromatic carbocycles. The Bertz CT molecular complexity index is 228. The second-order valence-corrected chi connectivity index (χ2v) is 5.71. The van der Waals surface area contributed by atoms with E-state index in [1.54, 1.807) is 0 Å². The summed E-state index contributed by atoms with van der Waals surface area (Å²) in [4.78, 5) is 10.7. The van der Waals surface area contributed by atoms with E-state index in [2.05, 4.69) is 14.1 Å². The first-order valence-corrected chi connectivity index (χ1v) is 5.89. The Kier molecular flexibility index (Phi) is 2.81. The van der Waals surface area contributed by atoms with Crippen LogP contribution in [0.2, 0.25) is 0 Å². The van der Waals surface area contributed by atoms with Crippen LogP contribution in [-0.4, -0.2) is 23.7 Å². The van der Waals surface area contributed by atoms with E-state index in [1.165, 1.54) is 38.8 Å². The minimum Gasteiger partial charge on any atom is -0.370 e. The van der Waals surface area contributed by atoms with Gasteiger partial charge in [0.05, 0.1) is 0 Å². The zero-order valence-corrected chi connectivity index (χ0v) is 9.69. The van der Waals surface area contributed by atoms with Crippen molar-refractivity contribution in [2.45, 2.75) is 32.1 Å². The Morgan fingerprint density at radius 2 is 2.00 bits per heavy atom. The van der Waals surface area contributed by atoms with Gasteiger partial charge in [-0.2, -0.15) is 0 Å². The summed E-state index contributed by atoms with van der Waals surface area (Å²) in [5.41, 5.74) is 5.77. The minimum absolute atomic E-state index is 0.131. The maximum absolute atomic E-state index is 10.7. The molecule has 1 amide bonds. The zero-order valence-electron chi connectivity index (χ0n) is 8.54. The van der Waals surface area contributed by atoms with Gasteiger partial charge in [0.15, 0.2) is 0 Å². The van der Waals surface area contributed by atoms with Crippen molar-refractivity contribution >= 4 is 15.3 Å². The predicted octanol–water partition coefficient (Wildman–Crippen LogP) is 1.14. The largest absolute Gasteiger partial charge is 0.370 e. The van der Waals surface area contributed by atoms with Crippen LogP contribution in [0.5, 0.6) is 0 Å². The van der Waals surface area contributed by atoms with Crippen molar-refractivity contribution in [3.05, 3.63) is 0 Å². The first-order valence-electron chi connectivity index (χ1n) is 5.38. The van der Waals surface area contributed by atoms with E-state index in [4.69, 9.17) is 5.73 Å². The molecule has 1 aliphatic carbocycles. The molecule has 1 saturated carbocycles. The molecule has 4 heteroatoms. The average molecular weight is 214 g/mol. The fourth-order valence-electron chi connectivity index (χ4n) is 3.00. The lowest BCUT2D eigenvalue weighted by molar-refractivity contribution is -0.121. The van der Waals surface area contributed by atoms with Gasteiger partial charge in [-0.25, -0.2) is 0 Å². The number of hydrogen-bond donors (Lipinski definition) is 1. The van der Waals surface area contributed by atoms with Crippen LogP contribution in [0.25, 0.3) is 0 Å². The number of piperidine rings is 1. The van der Waals surface area contributed by atoms with Gasteiger partial charge in [0.1, 0.15) is 0 Å². The molecular weight excluding hydrogens is 195 g/mol. The number of carbonyl (C=O) groups excluding carboxylic acids is 1. The van der Waals surface area contributed by atoms with Crippen LogP contribution in [0.3, 0.4) is 0 Å². The average Bonchev–Trinajstić information content (AvgIpc) is 2.05. The fourth-order valence-corrected chi connectivity index (χ4v) is 3.26. The van der Waals surface area contributed by atoms with Gasteiger partial charge in [-0.1, -0.05) is 9.39 Å². The summed E-state index contributed by atoms with van der Waals surface area (Å²) in [7, 11) is 2.77. The highest BCUT2D eigenvalue weighted by Gasteiger charge is 2.45. The van der Waals surface area contributed by atoms with E-state index < -0.39 is 0 Å². The van der Waals surface area contributed by atoms with E-state index in [0.29, 0.717) is 17.8 Å². The monoisotopic (exact) mass is 214 g/mol. The van der Waals surface area contributed by atoms with Crippen molar-refractivity contribution in [2.24, 2.45) is 17.1 Å². The van der Waals surface area contributed by atoms with Crippen LogP contribution in [0.4, 0.5) is 0 Å². The third kappa shape index (κ3) is 2.09. The molecule has 80 valence electrons. The number of rotatable bonds is 2. The Hall–Kier alpha value is -0.140.